The van der Waals surface area contributed by atoms with E-state index in [1.807, 2.05) is 4.90 Å². The zero-order valence-corrected chi connectivity index (χ0v) is 15.3. The maximum Gasteiger partial charge on any atom is 0.306 e. The molecule has 138 valence electrons. The van der Waals surface area contributed by atoms with Crippen LogP contribution in [0.15, 0.2) is 36.4 Å². The average molecular weight is 400 g/mol. The van der Waals surface area contributed by atoms with E-state index in [0.717, 1.165) is 11.6 Å². The first-order valence-electron chi connectivity index (χ1n) is 8.23. The van der Waals surface area contributed by atoms with Gasteiger partial charge in [-0.1, -0.05) is 35.3 Å². The number of halogens is 4. The van der Waals surface area contributed by atoms with Crippen LogP contribution in [0.25, 0.3) is 0 Å². The standard InChI is InChI=1S/C19H17Cl2F2NO2/c20-15-4-1-12(9-16(15)21)18(14-3-2-13(22)10-17(14)23)24-7-5-11(6-8-24)19(25)26/h1-4,9-11,18H,5-8H2,(H,25,26). The third kappa shape index (κ3) is 4.00. The van der Waals surface area contributed by atoms with Crippen molar-refractivity contribution < 1.29 is 18.7 Å². The van der Waals surface area contributed by atoms with Crippen LogP contribution in [0.2, 0.25) is 10.0 Å². The fourth-order valence-corrected chi connectivity index (χ4v) is 3.70. The summed E-state index contributed by atoms with van der Waals surface area (Å²) in [4.78, 5) is 13.2. The van der Waals surface area contributed by atoms with Crippen LogP contribution in [0, 0.1) is 17.6 Å². The predicted octanol–water partition coefficient (Wildman–Crippen LogP) is 5.16. The monoisotopic (exact) mass is 399 g/mol. The summed E-state index contributed by atoms with van der Waals surface area (Å²) in [7, 11) is 0. The molecule has 1 atom stereocenters. The molecule has 1 fully saturated rings. The minimum Gasteiger partial charge on any atom is -0.481 e. The van der Waals surface area contributed by atoms with Gasteiger partial charge in [-0.05, 0) is 49.7 Å². The molecule has 1 saturated heterocycles. The second-order valence-electron chi connectivity index (χ2n) is 6.39. The number of rotatable bonds is 4. The van der Waals surface area contributed by atoms with Crippen LogP contribution in [-0.2, 0) is 4.79 Å². The normalized spacial score (nSPS) is 17.2. The molecule has 1 aliphatic rings. The summed E-state index contributed by atoms with van der Waals surface area (Å²) in [6, 6.07) is 8.04. The van der Waals surface area contributed by atoms with E-state index in [4.69, 9.17) is 23.2 Å². The number of aliphatic carboxylic acids is 1. The largest absolute Gasteiger partial charge is 0.481 e. The molecule has 7 heteroatoms. The molecule has 1 unspecified atom stereocenters. The first kappa shape index (κ1) is 19.1. The van der Waals surface area contributed by atoms with Crippen LogP contribution in [0.4, 0.5) is 8.78 Å². The Kier molecular flexibility index (Phi) is 5.80. The lowest BCUT2D eigenvalue weighted by Gasteiger charge is -2.37. The van der Waals surface area contributed by atoms with Gasteiger partial charge in [-0.15, -0.1) is 0 Å². The number of hydrogen-bond donors (Lipinski definition) is 1. The third-order valence-electron chi connectivity index (χ3n) is 4.76. The predicted molar refractivity (Wildman–Crippen MR) is 96.6 cm³/mol. The number of carboxylic acids is 1. The van der Waals surface area contributed by atoms with Crippen molar-refractivity contribution in [3.8, 4) is 0 Å². The van der Waals surface area contributed by atoms with E-state index in [1.165, 1.54) is 12.1 Å². The van der Waals surface area contributed by atoms with E-state index in [-0.39, 0.29) is 0 Å². The van der Waals surface area contributed by atoms with Crippen LogP contribution >= 0.6 is 23.2 Å². The quantitative estimate of drug-likeness (QED) is 0.771. The molecule has 26 heavy (non-hydrogen) atoms. The van der Waals surface area contributed by atoms with Crippen LogP contribution in [0.5, 0.6) is 0 Å². The van der Waals surface area contributed by atoms with Crippen molar-refractivity contribution in [2.24, 2.45) is 5.92 Å². The van der Waals surface area contributed by atoms with Gasteiger partial charge in [0.1, 0.15) is 11.6 Å². The van der Waals surface area contributed by atoms with E-state index in [9.17, 15) is 18.7 Å². The van der Waals surface area contributed by atoms with Crippen LogP contribution in [-0.4, -0.2) is 29.1 Å². The van der Waals surface area contributed by atoms with Gasteiger partial charge in [0, 0.05) is 11.6 Å². The second kappa shape index (κ2) is 7.91. The lowest BCUT2D eigenvalue weighted by Crippen LogP contribution is -2.39. The highest BCUT2D eigenvalue weighted by atomic mass is 35.5. The highest BCUT2D eigenvalue weighted by molar-refractivity contribution is 6.42. The van der Waals surface area contributed by atoms with Gasteiger partial charge in [0.15, 0.2) is 0 Å². The van der Waals surface area contributed by atoms with E-state index in [2.05, 4.69) is 0 Å². The van der Waals surface area contributed by atoms with Crippen LogP contribution in [0.3, 0.4) is 0 Å². The molecule has 1 N–H and O–H groups in total. The summed E-state index contributed by atoms with van der Waals surface area (Å²) in [5, 5.41) is 9.92. The first-order chi connectivity index (χ1) is 12.4. The Labute approximate surface area is 160 Å². The lowest BCUT2D eigenvalue weighted by atomic mass is 9.91. The van der Waals surface area contributed by atoms with Gasteiger partial charge in [0.05, 0.1) is 22.0 Å². The molecule has 0 aromatic heterocycles. The maximum atomic E-state index is 14.5. The Hall–Kier alpha value is -1.69. The minimum atomic E-state index is -0.816. The summed E-state index contributed by atoms with van der Waals surface area (Å²) in [5.41, 5.74) is 1.04. The van der Waals surface area contributed by atoms with E-state index in [0.29, 0.717) is 41.5 Å². The Morgan fingerprint density at radius 3 is 2.35 bits per heavy atom. The van der Waals surface area contributed by atoms with Gasteiger partial charge in [-0.2, -0.15) is 0 Å². The number of piperidine rings is 1. The van der Waals surface area contributed by atoms with E-state index in [1.54, 1.807) is 18.2 Å². The summed E-state index contributed by atoms with van der Waals surface area (Å²) in [6.45, 7) is 0.970. The van der Waals surface area contributed by atoms with Crippen molar-refractivity contribution >= 4 is 29.2 Å². The number of hydrogen-bond acceptors (Lipinski definition) is 2. The van der Waals surface area contributed by atoms with Gasteiger partial charge >= 0.3 is 5.97 Å². The molecule has 0 aliphatic carbocycles. The Balaban J connectivity index is 1.99. The fraction of sp³-hybridized carbons (Fsp3) is 0.316. The lowest BCUT2D eigenvalue weighted by molar-refractivity contribution is -0.143. The molecule has 0 radical (unpaired) electrons. The number of carboxylic acid groups (broad SMARTS) is 1. The Morgan fingerprint density at radius 2 is 1.77 bits per heavy atom. The van der Waals surface area contributed by atoms with Gasteiger partial charge in [-0.3, -0.25) is 9.69 Å². The Bertz CT molecular complexity index is 823. The summed E-state index contributed by atoms with van der Waals surface area (Å²) in [5.74, 6) is -2.52. The minimum absolute atomic E-state index is 0.318. The first-order valence-corrected chi connectivity index (χ1v) is 8.99. The number of nitrogens with zero attached hydrogens (tertiary/aromatic N) is 1. The van der Waals surface area contributed by atoms with Crippen molar-refractivity contribution in [2.75, 3.05) is 13.1 Å². The van der Waals surface area contributed by atoms with Crippen molar-refractivity contribution in [2.45, 2.75) is 18.9 Å². The number of carbonyl (C=O) groups is 1. The third-order valence-corrected chi connectivity index (χ3v) is 5.50. The van der Waals surface area contributed by atoms with Crippen molar-refractivity contribution in [3.05, 3.63) is 69.2 Å². The molecule has 0 saturated carbocycles. The van der Waals surface area contributed by atoms with Crippen molar-refractivity contribution in [3.63, 3.8) is 0 Å². The molecule has 1 heterocycles. The molecular weight excluding hydrogens is 383 g/mol. The fourth-order valence-electron chi connectivity index (χ4n) is 3.40. The van der Waals surface area contributed by atoms with Gasteiger partial charge in [0.25, 0.3) is 0 Å². The molecule has 0 amide bonds. The molecule has 2 aromatic rings. The smallest absolute Gasteiger partial charge is 0.306 e. The van der Waals surface area contributed by atoms with Gasteiger partial charge in [-0.25, -0.2) is 8.78 Å². The topological polar surface area (TPSA) is 40.5 Å². The number of benzene rings is 2. The second-order valence-corrected chi connectivity index (χ2v) is 7.20. The summed E-state index contributed by atoms with van der Waals surface area (Å²) >= 11 is 12.1. The maximum absolute atomic E-state index is 14.5. The molecule has 2 aromatic carbocycles. The SMILES string of the molecule is O=C(O)C1CCN(C(c2ccc(Cl)c(Cl)c2)c2ccc(F)cc2F)CC1. The molecule has 0 bridgehead atoms. The summed E-state index contributed by atoms with van der Waals surface area (Å²) < 4.78 is 27.9. The van der Waals surface area contributed by atoms with Gasteiger partial charge < -0.3 is 5.11 Å². The van der Waals surface area contributed by atoms with Crippen molar-refractivity contribution in [1.82, 2.24) is 4.90 Å². The van der Waals surface area contributed by atoms with E-state index >= 15 is 0 Å². The molecule has 1 aliphatic heterocycles. The summed E-state index contributed by atoms with van der Waals surface area (Å²) in [6.07, 6.45) is 0.936. The zero-order valence-electron chi connectivity index (χ0n) is 13.8. The van der Waals surface area contributed by atoms with Crippen molar-refractivity contribution in [1.29, 1.82) is 0 Å². The molecule has 3 nitrogen and oxygen atoms in total. The van der Waals surface area contributed by atoms with Crippen LogP contribution in [0.1, 0.15) is 30.0 Å². The molecule has 0 spiro atoms. The Morgan fingerprint density at radius 1 is 1.08 bits per heavy atom. The molecular formula is C19H17Cl2F2NO2. The highest BCUT2D eigenvalue weighted by Crippen LogP contribution is 2.36. The number of likely N-dealkylation sites (tertiary alicyclic amines) is 1. The highest BCUT2D eigenvalue weighted by Gasteiger charge is 2.31. The zero-order chi connectivity index (χ0) is 18.8. The van der Waals surface area contributed by atoms with E-state index < -0.39 is 29.6 Å². The average Bonchev–Trinajstić information content (AvgIpc) is 2.60. The van der Waals surface area contributed by atoms with Gasteiger partial charge in [0.2, 0.25) is 0 Å². The van der Waals surface area contributed by atoms with Crippen LogP contribution < -0.4 is 0 Å². The molecule has 3 rings (SSSR count).